The highest BCUT2D eigenvalue weighted by molar-refractivity contribution is 5.95. The predicted molar refractivity (Wildman–Crippen MR) is 345 cm³/mol. The van der Waals surface area contributed by atoms with E-state index >= 15 is 0 Å². The molecule has 0 aromatic heterocycles. The normalized spacial score (nSPS) is 39.2. The number of aliphatic imine (C=N–C) groups is 3. The predicted octanol–water partition coefficient (Wildman–Crippen LogP) is 15.7. The highest BCUT2D eigenvalue weighted by Gasteiger charge is 2.54. The number of hydrogen-bond acceptors (Lipinski definition) is 7. The van der Waals surface area contributed by atoms with Gasteiger partial charge in [-0.05, 0) is 288 Å². The van der Waals surface area contributed by atoms with Gasteiger partial charge in [0, 0.05) is 79.3 Å². The Kier molecular flexibility index (Phi) is 13.8. The first-order valence-corrected chi connectivity index (χ1v) is 34.8. The van der Waals surface area contributed by atoms with Crippen molar-refractivity contribution in [2.24, 2.45) is 86.0 Å². The van der Waals surface area contributed by atoms with Crippen LogP contribution in [0.2, 0.25) is 0 Å². The fourth-order valence-corrected chi connectivity index (χ4v) is 23.8. The standard InChI is InChI=1S/C20H25N.3C19H24N2/c1-2-4-19-9-17(8-18(19)3-1)13-21-20-10-14-5-15(11-20)7-16(6-14)12-20;1-2-17-11-20-12-18(17)6-13(1)10-21-19-7-14-3-15(8-19)5-16(4-14)9-19;1-2-18-17(3-4-20-18)8-13(1)12-21-19-9-14-5-15(10-19)7-16(6-14)11-19;1-2-4-18-16(3-1)8-17(21-18)12-20-19-9-13-5-14(10-19)7-15(6-13)11-19/h1-4,8,14-16,21H,5-7,9-13H2;1-2,6,11,14-16,21H,3-5,7-10,12H2;1-2,4,8,14-16,21H,3,5-7,9-12H2;1-4,13-15,20H,5-12H2. The lowest BCUT2D eigenvalue weighted by Gasteiger charge is -2.57. The average Bonchev–Trinajstić information content (AvgIpc) is 1.82. The Morgan fingerprint density at radius 2 is 0.821 bits per heavy atom. The molecule has 16 saturated carbocycles. The van der Waals surface area contributed by atoms with Crippen molar-refractivity contribution in [3.8, 4) is 0 Å². The summed E-state index contributed by atoms with van der Waals surface area (Å²) in [6.07, 6.45) is 45.3. The zero-order valence-corrected chi connectivity index (χ0v) is 50.7. The van der Waals surface area contributed by atoms with E-state index in [2.05, 4.69) is 122 Å². The second-order valence-electron chi connectivity index (χ2n) is 32.3. The molecule has 0 unspecified atom stereocenters. The van der Waals surface area contributed by atoms with E-state index in [1.807, 2.05) is 12.4 Å². The van der Waals surface area contributed by atoms with Gasteiger partial charge in [0.1, 0.15) is 0 Å². The molecular weight excluding hydrogens is 1020 g/mol. The molecule has 440 valence electrons. The Hall–Kier alpha value is -4.53. The van der Waals surface area contributed by atoms with E-state index in [4.69, 9.17) is 4.99 Å². The molecule has 4 aromatic rings. The average molecular weight is 1120 g/mol. The van der Waals surface area contributed by atoms with Crippen LogP contribution in [0, 0.1) is 71.0 Å². The maximum atomic E-state index is 4.82. The zero-order chi connectivity index (χ0) is 55.5. The quantitative estimate of drug-likeness (QED) is 0.114. The van der Waals surface area contributed by atoms with E-state index in [1.54, 1.807) is 5.57 Å². The Morgan fingerprint density at radius 3 is 1.32 bits per heavy atom. The third-order valence-electron chi connectivity index (χ3n) is 25.7. The number of benzene rings is 4. The summed E-state index contributed by atoms with van der Waals surface area (Å²) in [5.41, 5.74) is 18.6. The highest BCUT2D eigenvalue weighted by atomic mass is 15.0. The maximum absolute atomic E-state index is 4.82. The molecule has 0 atom stereocenters. The van der Waals surface area contributed by atoms with Crippen molar-refractivity contribution >= 4 is 35.6 Å². The summed E-state index contributed by atoms with van der Waals surface area (Å²) in [6.45, 7) is 5.07. The van der Waals surface area contributed by atoms with Crippen molar-refractivity contribution in [3.63, 3.8) is 0 Å². The van der Waals surface area contributed by atoms with Crippen LogP contribution < -0.4 is 21.3 Å². The van der Waals surface area contributed by atoms with Crippen LogP contribution in [0.1, 0.15) is 199 Å². The van der Waals surface area contributed by atoms with E-state index in [-0.39, 0.29) is 0 Å². The molecule has 24 rings (SSSR count). The number of nitrogens with zero attached hydrogens (tertiary/aromatic N) is 3. The molecule has 0 radical (unpaired) electrons. The maximum Gasteiger partial charge on any atom is 0.0665 e. The van der Waals surface area contributed by atoms with Gasteiger partial charge in [-0.25, -0.2) is 0 Å². The Balaban J connectivity index is 0.0000000882. The highest BCUT2D eigenvalue weighted by Crippen LogP contribution is 2.59. The number of nitrogens with one attached hydrogen (secondary N) is 4. The van der Waals surface area contributed by atoms with Gasteiger partial charge in [0.25, 0.3) is 0 Å². The topological polar surface area (TPSA) is 85.2 Å². The summed E-state index contributed by atoms with van der Waals surface area (Å²) in [7, 11) is 0. The van der Waals surface area contributed by atoms with Crippen LogP contribution in [0.25, 0.3) is 6.08 Å². The molecule has 16 fully saturated rings. The Morgan fingerprint density at radius 1 is 0.381 bits per heavy atom. The molecule has 7 heteroatoms. The van der Waals surface area contributed by atoms with Gasteiger partial charge < -0.3 is 21.3 Å². The van der Waals surface area contributed by atoms with Gasteiger partial charge in [0.15, 0.2) is 0 Å². The molecule has 0 spiro atoms. The van der Waals surface area contributed by atoms with Gasteiger partial charge >= 0.3 is 0 Å². The first-order chi connectivity index (χ1) is 41.1. The van der Waals surface area contributed by atoms with Crippen molar-refractivity contribution in [1.82, 2.24) is 21.3 Å². The van der Waals surface area contributed by atoms with Gasteiger partial charge in [-0.1, -0.05) is 84.4 Å². The number of fused-ring (bicyclic) bond motifs is 4. The van der Waals surface area contributed by atoms with Gasteiger partial charge in [-0.2, -0.15) is 0 Å². The lowest BCUT2D eigenvalue weighted by atomic mass is 9.53. The molecule has 3 heterocycles. The summed E-state index contributed by atoms with van der Waals surface area (Å²) in [6, 6.07) is 31.1. The van der Waals surface area contributed by atoms with Gasteiger partial charge in [-0.3, -0.25) is 15.0 Å². The number of hydrogen-bond donors (Lipinski definition) is 4. The van der Waals surface area contributed by atoms with Crippen LogP contribution >= 0.6 is 0 Å². The van der Waals surface area contributed by atoms with Crippen molar-refractivity contribution < 1.29 is 0 Å². The Labute approximate surface area is 503 Å². The molecule has 84 heavy (non-hydrogen) atoms. The Bertz CT molecular complexity index is 2910. The smallest absolute Gasteiger partial charge is 0.0665 e. The summed E-state index contributed by atoms with van der Waals surface area (Å²) < 4.78 is 0. The largest absolute Gasteiger partial charge is 0.307 e. The van der Waals surface area contributed by atoms with Crippen LogP contribution in [-0.4, -0.2) is 53.4 Å². The third-order valence-corrected chi connectivity index (χ3v) is 25.7. The van der Waals surface area contributed by atoms with Crippen LogP contribution in [0.3, 0.4) is 0 Å². The molecule has 0 amide bonds. The monoisotopic (exact) mass is 1120 g/mol. The van der Waals surface area contributed by atoms with Crippen LogP contribution in [0.5, 0.6) is 0 Å². The minimum atomic E-state index is 0.464. The van der Waals surface area contributed by atoms with Crippen molar-refractivity contribution in [1.29, 1.82) is 0 Å². The van der Waals surface area contributed by atoms with E-state index in [1.165, 1.54) is 216 Å². The SMILES string of the molecule is C1=C(CNC23CC4CC(CC(C4)C2)C3)Cc2ccccc21.C1=NCc2cc(CNC34CC5CC(CC(C5)C3)C4)ccc21.C1=Nc2ccc(CNC34CC5CC(CC(C5)C3)C4)cc2C1.c1ccc2c(c1)CC(CNC13CC4CC(CC(C4)C1)C3)=N2. The molecule has 4 N–H and O–H groups in total. The fraction of sp³-hybridized carbons (Fsp3) is 0.623. The van der Waals surface area contributed by atoms with Crippen molar-refractivity contribution in [2.75, 3.05) is 13.1 Å². The van der Waals surface area contributed by atoms with E-state index < -0.39 is 0 Å². The van der Waals surface area contributed by atoms with Crippen LogP contribution in [0.4, 0.5) is 11.4 Å². The number of para-hydroxylation sites is 1. The first kappa shape index (κ1) is 53.7. The van der Waals surface area contributed by atoms with Gasteiger partial charge in [-0.15, -0.1) is 0 Å². The second kappa shape index (κ2) is 21.7. The van der Waals surface area contributed by atoms with Gasteiger partial charge in [0.2, 0.25) is 0 Å². The summed E-state index contributed by atoms with van der Waals surface area (Å²) in [5.74, 6) is 12.3. The minimum Gasteiger partial charge on any atom is -0.307 e. The molecular formula is C77H97N7. The zero-order valence-electron chi connectivity index (χ0n) is 50.7. The molecule has 20 aliphatic rings. The van der Waals surface area contributed by atoms with E-state index in [0.29, 0.717) is 22.2 Å². The molecule has 17 aliphatic carbocycles. The molecule has 4 aromatic carbocycles. The second-order valence-corrected chi connectivity index (χ2v) is 32.3. The lowest BCUT2D eigenvalue weighted by Crippen LogP contribution is -2.59. The third kappa shape index (κ3) is 10.9. The summed E-state index contributed by atoms with van der Waals surface area (Å²) in [5, 5.41) is 16.0. The molecule has 16 bridgehead atoms. The van der Waals surface area contributed by atoms with Crippen molar-refractivity contribution in [3.05, 3.63) is 135 Å². The summed E-state index contributed by atoms with van der Waals surface area (Å²) in [4.78, 5) is 13.6. The van der Waals surface area contributed by atoms with Crippen LogP contribution in [0.15, 0.2) is 105 Å². The van der Waals surface area contributed by atoms with E-state index in [0.717, 1.165) is 123 Å². The molecule has 0 saturated heterocycles. The molecule has 3 aliphatic heterocycles. The fourth-order valence-electron chi connectivity index (χ4n) is 23.8. The van der Waals surface area contributed by atoms with Crippen LogP contribution in [-0.2, 0) is 38.9 Å². The first-order valence-electron chi connectivity index (χ1n) is 34.8. The summed E-state index contributed by atoms with van der Waals surface area (Å²) >= 11 is 0. The van der Waals surface area contributed by atoms with Crippen molar-refractivity contribution in [2.45, 2.75) is 215 Å². The number of rotatable bonds is 12. The minimum absolute atomic E-state index is 0.464. The van der Waals surface area contributed by atoms with E-state index in [9.17, 15) is 0 Å². The molecule has 7 nitrogen and oxygen atoms in total. The lowest BCUT2D eigenvalue weighted by molar-refractivity contribution is -0.0207. The van der Waals surface area contributed by atoms with Gasteiger partial charge in [0.05, 0.1) is 17.9 Å².